The topological polar surface area (TPSA) is 58.3 Å². The molecule has 1 aromatic heterocycles. The summed E-state index contributed by atoms with van der Waals surface area (Å²) in [7, 11) is 0. The van der Waals surface area contributed by atoms with Gasteiger partial charge in [-0.25, -0.2) is 4.68 Å². The van der Waals surface area contributed by atoms with E-state index < -0.39 is 6.61 Å². The molecule has 3 aromatic carbocycles. The molecule has 0 aliphatic carbocycles. The van der Waals surface area contributed by atoms with Crippen LogP contribution in [-0.2, 0) is 13.2 Å². The molecule has 0 aliphatic heterocycles. The molecule has 0 bridgehead atoms. The largest absolute Gasteiger partial charge is 0.485 e. The van der Waals surface area contributed by atoms with E-state index in [1.807, 2.05) is 43.3 Å². The molecule has 0 aliphatic rings. The van der Waals surface area contributed by atoms with Crippen molar-refractivity contribution in [3.05, 3.63) is 100 Å². The van der Waals surface area contributed by atoms with Gasteiger partial charge in [0.1, 0.15) is 24.7 Å². The van der Waals surface area contributed by atoms with E-state index in [4.69, 9.17) is 17.0 Å². The summed E-state index contributed by atoms with van der Waals surface area (Å²) in [5.41, 5.74) is 3.30. The van der Waals surface area contributed by atoms with Gasteiger partial charge in [0.15, 0.2) is 11.6 Å². The Labute approximate surface area is 219 Å². The van der Waals surface area contributed by atoms with Gasteiger partial charge in [-0.05, 0) is 78.7 Å². The number of carbonyl (C=O) groups is 1. The second-order valence-electron chi connectivity index (χ2n) is 8.84. The Kier molecular flexibility index (Phi) is 8.13. The van der Waals surface area contributed by atoms with Gasteiger partial charge in [0.2, 0.25) is 4.77 Å². The van der Waals surface area contributed by atoms with Crippen molar-refractivity contribution in [1.82, 2.24) is 14.3 Å². The molecule has 0 saturated heterocycles. The van der Waals surface area contributed by atoms with Crippen LogP contribution in [0.25, 0.3) is 5.69 Å². The summed E-state index contributed by atoms with van der Waals surface area (Å²) in [5, 5.41) is 4.63. The van der Waals surface area contributed by atoms with Crippen molar-refractivity contribution in [2.24, 2.45) is 0 Å². The molecule has 9 heteroatoms. The van der Waals surface area contributed by atoms with E-state index in [0.717, 1.165) is 22.6 Å². The number of hydrogen-bond donors (Lipinski definition) is 0. The minimum absolute atomic E-state index is 0.0205. The lowest BCUT2D eigenvalue weighted by atomic mass is 10.0. The van der Waals surface area contributed by atoms with Crippen molar-refractivity contribution in [3.63, 3.8) is 0 Å². The third-order valence-electron chi connectivity index (χ3n) is 5.76. The molecule has 0 saturated carbocycles. The van der Waals surface area contributed by atoms with Gasteiger partial charge in [0.05, 0.1) is 0 Å². The molecule has 37 heavy (non-hydrogen) atoms. The molecule has 1 heterocycles. The first-order valence-corrected chi connectivity index (χ1v) is 12.2. The second-order valence-corrected chi connectivity index (χ2v) is 9.20. The smallest absolute Gasteiger partial charge is 0.387 e. The Bertz CT molecular complexity index is 1430. The highest BCUT2D eigenvalue weighted by molar-refractivity contribution is 7.71. The number of aryl methyl sites for hydroxylation is 1. The van der Waals surface area contributed by atoms with E-state index in [2.05, 4.69) is 35.8 Å². The lowest BCUT2D eigenvalue weighted by Crippen LogP contribution is -2.12. The maximum Gasteiger partial charge on any atom is 0.387 e. The third-order valence-corrected chi connectivity index (χ3v) is 6.16. The van der Waals surface area contributed by atoms with Crippen LogP contribution in [0.3, 0.4) is 0 Å². The summed E-state index contributed by atoms with van der Waals surface area (Å²) < 4.78 is 39.0. The van der Waals surface area contributed by atoms with Crippen LogP contribution in [0.2, 0.25) is 0 Å². The first-order chi connectivity index (χ1) is 17.7. The zero-order valence-electron chi connectivity index (χ0n) is 20.7. The maximum absolute atomic E-state index is 13.0. The Morgan fingerprint density at radius 1 is 1.03 bits per heavy atom. The van der Waals surface area contributed by atoms with Crippen LogP contribution >= 0.6 is 12.2 Å². The monoisotopic (exact) mass is 523 g/mol. The van der Waals surface area contributed by atoms with Gasteiger partial charge in [0, 0.05) is 11.3 Å². The third kappa shape index (κ3) is 6.29. The zero-order chi connectivity index (χ0) is 26.5. The first kappa shape index (κ1) is 26.2. The molecule has 192 valence electrons. The van der Waals surface area contributed by atoms with Crippen LogP contribution in [0.4, 0.5) is 8.78 Å². The Hall–Kier alpha value is -3.85. The summed E-state index contributed by atoms with van der Waals surface area (Å²) in [6, 6.07) is 21.1. The number of halogens is 2. The highest BCUT2D eigenvalue weighted by Gasteiger charge is 2.18. The summed E-state index contributed by atoms with van der Waals surface area (Å²) in [6.45, 7) is 3.31. The van der Waals surface area contributed by atoms with Crippen molar-refractivity contribution >= 4 is 18.0 Å². The van der Waals surface area contributed by atoms with Gasteiger partial charge in [-0.1, -0.05) is 44.2 Å². The highest BCUT2D eigenvalue weighted by atomic mass is 32.1. The molecular formula is C28H27F2N3O3S. The number of carbonyl (C=O) groups excluding carboxylic acids is 1. The minimum atomic E-state index is -2.93. The summed E-state index contributed by atoms with van der Waals surface area (Å²) in [5.74, 6) is 1.30. The molecule has 0 fully saturated rings. The Balaban J connectivity index is 1.63. The lowest BCUT2D eigenvalue weighted by Gasteiger charge is -2.15. The van der Waals surface area contributed by atoms with Gasteiger partial charge >= 0.3 is 6.61 Å². The number of Topliss-reactive ketones (excluding diaryl/α,β-unsaturated/α-hetero) is 1. The number of hydrogen-bond acceptors (Lipinski definition) is 5. The van der Waals surface area contributed by atoms with Crippen LogP contribution in [0.15, 0.2) is 72.8 Å². The molecule has 6 nitrogen and oxygen atoms in total. The SMILES string of the molecule is Cc1ccc(C(C)C)c(OCc2nn(CC(=O)c3ccc(OC(F)F)cc3)c(=S)n2-c2ccccc2)c1. The van der Waals surface area contributed by atoms with E-state index >= 15 is 0 Å². The zero-order valence-corrected chi connectivity index (χ0v) is 21.5. The fourth-order valence-electron chi connectivity index (χ4n) is 3.92. The van der Waals surface area contributed by atoms with Crippen LogP contribution < -0.4 is 9.47 Å². The number of alkyl halides is 2. The van der Waals surface area contributed by atoms with E-state index in [-0.39, 0.29) is 30.6 Å². The number of benzene rings is 3. The molecule has 4 rings (SSSR count). The van der Waals surface area contributed by atoms with Gasteiger partial charge in [-0.2, -0.15) is 13.9 Å². The number of para-hydroxylation sites is 1. The number of aromatic nitrogens is 3. The predicted octanol–water partition coefficient (Wildman–Crippen LogP) is 6.90. The van der Waals surface area contributed by atoms with Crippen molar-refractivity contribution in [3.8, 4) is 17.2 Å². The molecule has 0 unspecified atom stereocenters. The maximum atomic E-state index is 13.0. The van der Waals surface area contributed by atoms with E-state index in [1.165, 1.54) is 28.9 Å². The molecule has 0 spiro atoms. The molecule has 0 radical (unpaired) electrons. The average Bonchev–Trinajstić information content (AvgIpc) is 3.17. The van der Waals surface area contributed by atoms with Gasteiger partial charge < -0.3 is 9.47 Å². The number of ether oxygens (including phenoxy) is 2. The molecule has 0 atom stereocenters. The Morgan fingerprint density at radius 2 is 1.73 bits per heavy atom. The normalized spacial score (nSPS) is 11.2. The van der Waals surface area contributed by atoms with Crippen molar-refractivity contribution in [2.45, 2.75) is 46.5 Å². The Morgan fingerprint density at radius 3 is 2.38 bits per heavy atom. The molecular weight excluding hydrogens is 496 g/mol. The number of nitrogens with zero attached hydrogens (tertiary/aromatic N) is 3. The number of ketones is 1. The van der Waals surface area contributed by atoms with Crippen LogP contribution in [-0.4, -0.2) is 26.7 Å². The van der Waals surface area contributed by atoms with Gasteiger partial charge in [0.25, 0.3) is 0 Å². The molecule has 0 N–H and O–H groups in total. The average molecular weight is 524 g/mol. The van der Waals surface area contributed by atoms with Crippen molar-refractivity contribution in [2.75, 3.05) is 0 Å². The standard InChI is InChI=1S/C28H27F2N3O3S/c1-18(2)23-14-9-19(3)15-25(23)35-17-26-31-32(28(37)33(26)21-7-5-4-6-8-21)16-24(34)20-10-12-22(13-11-20)36-27(29)30/h4-15,18,27H,16-17H2,1-3H3. The van der Waals surface area contributed by atoms with Crippen LogP contribution in [0, 0.1) is 11.7 Å². The fraction of sp³-hybridized carbons (Fsp3) is 0.250. The second kappa shape index (κ2) is 11.5. The predicted molar refractivity (Wildman–Crippen MR) is 139 cm³/mol. The first-order valence-electron chi connectivity index (χ1n) is 11.8. The lowest BCUT2D eigenvalue weighted by molar-refractivity contribution is -0.0498. The quantitative estimate of drug-likeness (QED) is 0.167. The van der Waals surface area contributed by atoms with Crippen molar-refractivity contribution in [1.29, 1.82) is 0 Å². The molecule has 4 aromatic rings. The molecule has 0 amide bonds. The number of rotatable bonds is 10. The van der Waals surface area contributed by atoms with Crippen LogP contribution in [0.1, 0.15) is 47.1 Å². The summed E-state index contributed by atoms with van der Waals surface area (Å²) >= 11 is 5.70. The van der Waals surface area contributed by atoms with Crippen LogP contribution in [0.5, 0.6) is 11.5 Å². The van der Waals surface area contributed by atoms with Gasteiger partial charge in [-0.3, -0.25) is 9.36 Å². The van der Waals surface area contributed by atoms with Gasteiger partial charge in [-0.15, -0.1) is 0 Å². The van der Waals surface area contributed by atoms with Crippen molar-refractivity contribution < 1.29 is 23.0 Å². The van der Waals surface area contributed by atoms with E-state index in [1.54, 1.807) is 4.57 Å². The fourth-order valence-corrected chi connectivity index (χ4v) is 4.24. The van der Waals surface area contributed by atoms with E-state index in [9.17, 15) is 13.6 Å². The van der Waals surface area contributed by atoms with E-state index in [0.29, 0.717) is 16.2 Å². The summed E-state index contributed by atoms with van der Waals surface area (Å²) in [6.07, 6.45) is 0. The summed E-state index contributed by atoms with van der Waals surface area (Å²) in [4.78, 5) is 13.0. The highest BCUT2D eigenvalue weighted by Crippen LogP contribution is 2.28. The minimum Gasteiger partial charge on any atom is -0.485 e.